The number of benzene rings is 2. The van der Waals surface area contributed by atoms with E-state index in [1.165, 1.54) is 0 Å². The predicted octanol–water partition coefficient (Wildman–Crippen LogP) is 2.85. The van der Waals surface area contributed by atoms with Gasteiger partial charge in [0.05, 0.1) is 5.52 Å². The molecular formula is C18H16N2O2. The molecule has 1 fully saturated rings. The molecule has 1 aliphatic carbocycles. The summed E-state index contributed by atoms with van der Waals surface area (Å²) in [6, 6.07) is 15.5. The average Bonchev–Trinajstić information content (AvgIpc) is 3.38. The number of hydrogen-bond acceptors (Lipinski definition) is 3. The zero-order valence-electron chi connectivity index (χ0n) is 12.1. The van der Waals surface area contributed by atoms with Gasteiger partial charge in [-0.3, -0.25) is 4.79 Å². The van der Waals surface area contributed by atoms with Crippen LogP contribution in [0.25, 0.3) is 21.7 Å². The maximum atomic E-state index is 12.9. The van der Waals surface area contributed by atoms with Crippen molar-refractivity contribution in [2.24, 2.45) is 11.1 Å². The monoisotopic (exact) mass is 292 g/mol. The molecule has 0 spiro atoms. The molecule has 0 atom stereocenters. The molecule has 1 aromatic heterocycles. The zero-order chi connectivity index (χ0) is 15.1. The van der Waals surface area contributed by atoms with E-state index < -0.39 is 0 Å². The Labute approximate surface area is 126 Å². The first kappa shape index (κ1) is 13.1. The molecule has 1 N–H and O–H groups in total. The smallest absolute Gasteiger partial charge is 0.280 e. The summed E-state index contributed by atoms with van der Waals surface area (Å²) in [5.41, 5.74) is 0.664. The van der Waals surface area contributed by atoms with Gasteiger partial charge in [0, 0.05) is 17.3 Å². The SMILES string of the molecule is O=c1c(=NO)c2ccccc2c2ccccc2n1CC1CC1. The number of aromatic nitrogens is 1. The Morgan fingerprint density at radius 2 is 1.64 bits per heavy atom. The van der Waals surface area contributed by atoms with E-state index in [0.29, 0.717) is 17.8 Å². The van der Waals surface area contributed by atoms with E-state index in [4.69, 9.17) is 0 Å². The van der Waals surface area contributed by atoms with E-state index in [1.54, 1.807) is 4.57 Å². The molecule has 0 radical (unpaired) electrons. The van der Waals surface area contributed by atoms with Gasteiger partial charge in [-0.1, -0.05) is 47.6 Å². The van der Waals surface area contributed by atoms with Crippen LogP contribution in [0.15, 0.2) is 58.5 Å². The van der Waals surface area contributed by atoms with Crippen molar-refractivity contribution in [3.8, 4) is 0 Å². The fourth-order valence-corrected chi connectivity index (χ4v) is 3.05. The summed E-state index contributed by atoms with van der Waals surface area (Å²) in [4.78, 5) is 12.9. The fraction of sp³-hybridized carbons (Fsp3) is 0.222. The molecule has 1 aliphatic rings. The molecule has 1 heterocycles. The third-order valence-electron chi connectivity index (χ3n) is 4.35. The highest BCUT2D eigenvalue weighted by Crippen LogP contribution is 2.31. The van der Waals surface area contributed by atoms with Crippen molar-refractivity contribution in [2.45, 2.75) is 19.4 Å². The van der Waals surface area contributed by atoms with Crippen LogP contribution in [-0.4, -0.2) is 9.77 Å². The van der Waals surface area contributed by atoms with E-state index in [-0.39, 0.29) is 10.9 Å². The molecule has 0 amide bonds. The summed E-state index contributed by atoms with van der Waals surface area (Å²) in [7, 11) is 0. The van der Waals surface area contributed by atoms with Crippen LogP contribution in [0.1, 0.15) is 12.8 Å². The zero-order valence-corrected chi connectivity index (χ0v) is 12.1. The van der Waals surface area contributed by atoms with Crippen LogP contribution in [-0.2, 0) is 6.54 Å². The van der Waals surface area contributed by atoms with Gasteiger partial charge in [-0.05, 0) is 30.2 Å². The maximum absolute atomic E-state index is 12.9. The van der Waals surface area contributed by atoms with Crippen LogP contribution < -0.4 is 10.9 Å². The lowest BCUT2D eigenvalue weighted by Crippen LogP contribution is -2.33. The molecule has 0 unspecified atom stereocenters. The van der Waals surface area contributed by atoms with Crippen molar-refractivity contribution < 1.29 is 5.21 Å². The number of nitrogens with zero attached hydrogens (tertiary/aromatic N) is 2. The van der Waals surface area contributed by atoms with Crippen molar-refractivity contribution in [2.75, 3.05) is 0 Å². The normalized spacial score (nSPS) is 15.5. The van der Waals surface area contributed by atoms with Gasteiger partial charge in [-0.25, -0.2) is 0 Å². The van der Waals surface area contributed by atoms with Crippen LogP contribution in [0.5, 0.6) is 0 Å². The standard InChI is InChI=1S/C18H16N2O2/c21-18-17(19-22)15-7-2-1-5-13(15)14-6-3-4-8-16(14)20(18)11-12-9-10-12/h1-8,12,22H,9-11H2. The minimum absolute atomic E-state index is 0.118. The van der Waals surface area contributed by atoms with E-state index in [9.17, 15) is 10.0 Å². The van der Waals surface area contributed by atoms with Crippen LogP contribution >= 0.6 is 0 Å². The molecule has 1 saturated carbocycles. The van der Waals surface area contributed by atoms with Gasteiger partial charge < -0.3 is 9.77 Å². The summed E-state index contributed by atoms with van der Waals surface area (Å²) >= 11 is 0. The molecule has 4 rings (SSSR count). The minimum Gasteiger partial charge on any atom is -0.410 e. The van der Waals surface area contributed by atoms with Crippen molar-refractivity contribution >= 4 is 21.7 Å². The molecule has 2 aromatic carbocycles. The number of rotatable bonds is 2. The molecule has 0 saturated heterocycles. The van der Waals surface area contributed by atoms with E-state index in [2.05, 4.69) is 5.16 Å². The Bertz CT molecular complexity index is 1000. The largest absolute Gasteiger partial charge is 0.410 e. The summed E-state index contributed by atoms with van der Waals surface area (Å²) in [6.07, 6.45) is 2.31. The molecule has 0 aliphatic heterocycles. The quantitative estimate of drug-likeness (QED) is 0.583. The molecule has 4 heteroatoms. The highest BCUT2D eigenvalue weighted by molar-refractivity contribution is 6.04. The van der Waals surface area contributed by atoms with Crippen molar-refractivity contribution in [1.82, 2.24) is 4.57 Å². The lowest BCUT2D eigenvalue weighted by atomic mass is 10.1. The molecule has 3 aromatic rings. The van der Waals surface area contributed by atoms with Gasteiger partial charge in [0.2, 0.25) is 0 Å². The second-order valence-electron chi connectivity index (χ2n) is 5.87. The van der Waals surface area contributed by atoms with Gasteiger partial charge in [0.25, 0.3) is 5.56 Å². The fourth-order valence-electron chi connectivity index (χ4n) is 3.05. The van der Waals surface area contributed by atoms with E-state index >= 15 is 0 Å². The lowest BCUT2D eigenvalue weighted by molar-refractivity contribution is 0.301. The number of para-hydroxylation sites is 1. The summed E-state index contributed by atoms with van der Waals surface area (Å²) < 4.78 is 1.77. The lowest BCUT2D eigenvalue weighted by Gasteiger charge is -2.05. The molecule has 4 nitrogen and oxygen atoms in total. The van der Waals surface area contributed by atoms with Crippen LogP contribution in [0.3, 0.4) is 0 Å². The average molecular weight is 292 g/mol. The Morgan fingerprint density at radius 3 is 2.32 bits per heavy atom. The van der Waals surface area contributed by atoms with Crippen LogP contribution in [0.4, 0.5) is 0 Å². The third kappa shape index (κ3) is 1.99. The van der Waals surface area contributed by atoms with Crippen molar-refractivity contribution in [3.05, 3.63) is 64.2 Å². The number of fused-ring (bicyclic) bond motifs is 3. The minimum atomic E-state index is -0.230. The Hall–Kier alpha value is -2.62. The molecule has 22 heavy (non-hydrogen) atoms. The van der Waals surface area contributed by atoms with Gasteiger partial charge in [0.1, 0.15) is 0 Å². The van der Waals surface area contributed by atoms with E-state index in [1.807, 2.05) is 48.5 Å². The first-order valence-electron chi connectivity index (χ1n) is 7.52. The highest BCUT2D eigenvalue weighted by Gasteiger charge is 2.23. The van der Waals surface area contributed by atoms with Gasteiger partial charge >= 0.3 is 0 Å². The van der Waals surface area contributed by atoms with Crippen LogP contribution in [0, 0.1) is 5.92 Å². The second kappa shape index (κ2) is 4.98. The summed E-state index contributed by atoms with van der Waals surface area (Å²) in [5, 5.41) is 15.5. The third-order valence-corrected chi connectivity index (χ3v) is 4.35. The van der Waals surface area contributed by atoms with Gasteiger partial charge in [-0.15, -0.1) is 0 Å². The Kier molecular flexibility index (Phi) is 2.96. The first-order chi connectivity index (χ1) is 10.8. The Morgan fingerprint density at radius 1 is 1.00 bits per heavy atom. The predicted molar refractivity (Wildman–Crippen MR) is 85.8 cm³/mol. The van der Waals surface area contributed by atoms with E-state index in [0.717, 1.165) is 29.1 Å². The molecular weight excluding hydrogens is 276 g/mol. The summed E-state index contributed by atoms with van der Waals surface area (Å²) in [5.74, 6) is 0.554. The van der Waals surface area contributed by atoms with Crippen molar-refractivity contribution in [1.29, 1.82) is 0 Å². The second-order valence-corrected chi connectivity index (χ2v) is 5.87. The highest BCUT2D eigenvalue weighted by atomic mass is 16.4. The Balaban J connectivity index is 2.30. The molecule has 110 valence electrons. The summed E-state index contributed by atoms with van der Waals surface area (Å²) in [6.45, 7) is 0.683. The topological polar surface area (TPSA) is 54.6 Å². The molecule has 0 bridgehead atoms. The maximum Gasteiger partial charge on any atom is 0.280 e. The first-order valence-corrected chi connectivity index (χ1v) is 7.52. The van der Waals surface area contributed by atoms with Gasteiger partial charge in [0.15, 0.2) is 5.36 Å². The van der Waals surface area contributed by atoms with Gasteiger partial charge in [-0.2, -0.15) is 0 Å². The number of hydrogen-bond donors (Lipinski definition) is 1. The van der Waals surface area contributed by atoms with Crippen LogP contribution in [0.2, 0.25) is 0 Å². The van der Waals surface area contributed by atoms with Crippen molar-refractivity contribution in [3.63, 3.8) is 0 Å².